The number of para-hydroxylation sites is 1. The van der Waals surface area contributed by atoms with Gasteiger partial charge in [0.2, 0.25) is 5.91 Å². The average molecular weight is 334 g/mol. The van der Waals surface area contributed by atoms with Crippen LogP contribution in [0.4, 0.5) is 0 Å². The Bertz CT molecular complexity index is 857. The molecule has 0 spiro atoms. The van der Waals surface area contributed by atoms with Crippen molar-refractivity contribution in [3.8, 4) is 0 Å². The Morgan fingerprint density at radius 1 is 1.12 bits per heavy atom. The Balaban J connectivity index is 1.43. The molecular weight excluding hydrogens is 312 g/mol. The number of likely N-dealkylation sites (N-methyl/N-ethyl adjacent to an activating group) is 1. The molecule has 0 saturated carbocycles. The summed E-state index contributed by atoms with van der Waals surface area (Å²) < 4.78 is 5.91. The second-order valence-electron chi connectivity index (χ2n) is 6.78. The zero-order chi connectivity index (χ0) is 17.4. The fourth-order valence-corrected chi connectivity index (χ4v) is 3.43. The van der Waals surface area contributed by atoms with Crippen LogP contribution in [0.2, 0.25) is 0 Å². The largest absolute Gasteiger partial charge is 0.459 e. The lowest BCUT2D eigenvalue weighted by molar-refractivity contribution is -0.133. The smallest absolute Gasteiger partial charge is 0.237 e. The van der Waals surface area contributed by atoms with Gasteiger partial charge in [0.1, 0.15) is 11.3 Å². The maximum Gasteiger partial charge on any atom is 0.237 e. The fraction of sp³-hybridized carbons (Fsp3) is 0.286. The fourth-order valence-electron chi connectivity index (χ4n) is 3.43. The van der Waals surface area contributed by atoms with Gasteiger partial charge in [-0.1, -0.05) is 42.5 Å². The van der Waals surface area contributed by atoms with Crippen LogP contribution in [0.15, 0.2) is 59.0 Å². The standard InChI is InChI=1S/C21H22N2O2/c1-15(20-11-16-7-5-6-10-19(16)25-20)22(2)21(24)14-23-12-17-8-3-4-9-18(17)13-23/h3-11,15H,12-14H2,1-2H3. The second kappa shape index (κ2) is 6.37. The van der Waals surface area contributed by atoms with Crippen LogP contribution in [-0.2, 0) is 17.9 Å². The predicted molar refractivity (Wildman–Crippen MR) is 98.0 cm³/mol. The summed E-state index contributed by atoms with van der Waals surface area (Å²) in [5, 5.41) is 1.07. The van der Waals surface area contributed by atoms with Crippen molar-refractivity contribution in [3.05, 3.63) is 71.5 Å². The molecule has 0 aliphatic carbocycles. The third-order valence-electron chi connectivity index (χ3n) is 5.10. The molecule has 4 rings (SSSR count). The van der Waals surface area contributed by atoms with Gasteiger partial charge in [-0.2, -0.15) is 0 Å². The quantitative estimate of drug-likeness (QED) is 0.724. The van der Waals surface area contributed by atoms with Gasteiger partial charge in [0.05, 0.1) is 12.6 Å². The highest BCUT2D eigenvalue weighted by Crippen LogP contribution is 2.27. The van der Waals surface area contributed by atoms with E-state index in [1.165, 1.54) is 11.1 Å². The molecule has 1 aliphatic heterocycles. The normalized spacial score (nSPS) is 15.3. The molecule has 0 radical (unpaired) electrons. The summed E-state index contributed by atoms with van der Waals surface area (Å²) in [6.45, 7) is 4.12. The van der Waals surface area contributed by atoms with E-state index in [1.807, 2.05) is 44.3 Å². The summed E-state index contributed by atoms with van der Waals surface area (Å²) in [5.74, 6) is 0.933. The molecule has 3 aromatic rings. The molecule has 1 amide bonds. The van der Waals surface area contributed by atoms with Crippen molar-refractivity contribution >= 4 is 16.9 Å². The van der Waals surface area contributed by atoms with Crippen molar-refractivity contribution < 1.29 is 9.21 Å². The van der Waals surface area contributed by atoms with Crippen LogP contribution in [0.3, 0.4) is 0 Å². The lowest BCUT2D eigenvalue weighted by Gasteiger charge is -2.25. The number of rotatable bonds is 4. The number of carbonyl (C=O) groups is 1. The van der Waals surface area contributed by atoms with Crippen LogP contribution < -0.4 is 0 Å². The maximum atomic E-state index is 12.7. The third-order valence-corrected chi connectivity index (χ3v) is 5.10. The van der Waals surface area contributed by atoms with Crippen molar-refractivity contribution in [1.29, 1.82) is 0 Å². The minimum absolute atomic E-state index is 0.0927. The Morgan fingerprint density at radius 2 is 1.76 bits per heavy atom. The van der Waals surface area contributed by atoms with Crippen LogP contribution in [0.25, 0.3) is 11.0 Å². The second-order valence-corrected chi connectivity index (χ2v) is 6.78. The summed E-state index contributed by atoms with van der Waals surface area (Å²) in [5.41, 5.74) is 3.51. The van der Waals surface area contributed by atoms with Crippen LogP contribution >= 0.6 is 0 Å². The number of nitrogens with zero attached hydrogens (tertiary/aromatic N) is 2. The molecule has 2 aromatic carbocycles. The van der Waals surface area contributed by atoms with Gasteiger partial charge in [0, 0.05) is 25.5 Å². The Labute approximate surface area is 147 Å². The van der Waals surface area contributed by atoms with E-state index in [0.717, 1.165) is 29.8 Å². The molecule has 4 nitrogen and oxygen atoms in total. The molecule has 1 atom stereocenters. The number of amides is 1. The number of carbonyl (C=O) groups excluding carboxylic acids is 1. The molecule has 0 fully saturated rings. The van der Waals surface area contributed by atoms with Crippen LogP contribution in [-0.4, -0.2) is 29.3 Å². The molecule has 0 bridgehead atoms. The minimum atomic E-state index is -0.0927. The molecule has 25 heavy (non-hydrogen) atoms. The molecule has 1 aliphatic rings. The molecule has 2 heterocycles. The first-order valence-corrected chi connectivity index (χ1v) is 8.65. The summed E-state index contributed by atoms with van der Waals surface area (Å²) in [7, 11) is 1.85. The first-order valence-electron chi connectivity index (χ1n) is 8.65. The first kappa shape index (κ1) is 15.9. The average Bonchev–Trinajstić information content (AvgIpc) is 3.23. The van der Waals surface area contributed by atoms with Crippen molar-refractivity contribution in [1.82, 2.24) is 9.80 Å². The monoisotopic (exact) mass is 334 g/mol. The van der Waals surface area contributed by atoms with Gasteiger partial charge in [0.25, 0.3) is 0 Å². The van der Waals surface area contributed by atoms with E-state index in [1.54, 1.807) is 4.90 Å². The van der Waals surface area contributed by atoms with E-state index in [4.69, 9.17) is 4.42 Å². The van der Waals surface area contributed by atoms with E-state index < -0.39 is 0 Å². The molecular formula is C21H22N2O2. The zero-order valence-electron chi connectivity index (χ0n) is 14.6. The lowest BCUT2D eigenvalue weighted by atomic mass is 10.1. The van der Waals surface area contributed by atoms with E-state index in [9.17, 15) is 4.79 Å². The summed E-state index contributed by atoms with van der Waals surface area (Å²) in [6, 6.07) is 18.3. The number of benzene rings is 2. The topological polar surface area (TPSA) is 36.7 Å². The van der Waals surface area contributed by atoms with Gasteiger partial charge in [-0.25, -0.2) is 0 Å². The molecule has 1 aromatic heterocycles. The summed E-state index contributed by atoms with van der Waals surface area (Å²) >= 11 is 0. The highest BCUT2D eigenvalue weighted by atomic mass is 16.3. The van der Waals surface area contributed by atoms with E-state index >= 15 is 0 Å². The van der Waals surface area contributed by atoms with Crippen molar-refractivity contribution in [2.75, 3.05) is 13.6 Å². The van der Waals surface area contributed by atoms with Gasteiger partial charge in [-0.05, 0) is 30.2 Å². The van der Waals surface area contributed by atoms with Crippen LogP contribution in [0, 0.1) is 0 Å². The molecule has 0 saturated heterocycles. The number of hydrogen-bond donors (Lipinski definition) is 0. The SMILES string of the molecule is CC(c1cc2ccccc2o1)N(C)C(=O)CN1Cc2ccccc2C1. The van der Waals surface area contributed by atoms with Gasteiger partial charge in [-0.3, -0.25) is 9.69 Å². The Hall–Kier alpha value is -2.59. The first-order chi connectivity index (χ1) is 12.1. The van der Waals surface area contributed by atoms with Crippen LogP contribution in [0.5, 0.6) is 0 Å². The Morgan fingerprint density at radius 3 is 2.44 bits per heavy atom. The molecule has 4 heteroatoms. The molecule has 1 unspecified atom stereocenters. The number of hydrogen-bond acceptors (Lipinski definition) is 3. The minimum Gasteiger partial charge on any atom is -0.459 e. The van der Waals surface area contributed by atoms with Crippen LogP contribution in [0.1, 0.15) is 29.9 Å². The van der Waals surface area contributed by atoms with Gasteiger partial charge >= 0.3 is 0 Å². The third kappa shape index (κ3) is 3.05. The molecule has 128 valence electrons. The highest BCUT2D eigenvalue weighted by molar-refractivity contribution is 5.80. The maximum absolute atomic E-state index is 12.7. The van der Waals surface area contributed by atoms with Gasteiger partial charge < -0.3 is 9.32 Å². The lowest BCUT2D eigenvalue weighted by Crippen LogP contribution is -2.37. The Kier molecular flexibility index (Phi) is 4.06. The zero-order valence-corrected chi connectivity index (χ0v) is 14.6. The number of furan rings is 1. The van der Waals surface area contributed by atoms with Gasteiger partial charge in [0.15, 0.2) is 0 Å². The molecule has 0 N–H and O–H groups in total. The summed E-state index contributed by atoms with van der Waals surface area (Å²) in [4.78, 5) is 16.7. The summed E-state index contributed by atoms with van der Waals surface area (Å²) in [6.07, 6.45) is 0. The predicted octanol–water partition coefficient (Wildman–Crippen LogP) is 3.97. The van der Waals surface area contributed by atoms with Crippen molar-refractivity contribution in [2.45, 2.75) is 26.1 Å². The number of fused-ring (bicyclic) bond motifs is 2. The van der Waals surface area contributed by atoms with Gasteiger partial charge in [-0.15, -0.1) is 0 Å². The van der Waals surface area contributed by atoms with Crippen molar-refractivity contribution in [2.24, 2.45) is 0 Å². The van der Waals surface area contributed by atoms with Crippen molar-refractivity contribution in [3.63, 3.8) is 0 Å². The van der Waals surface area contributed by atoms with E-state index in [0.29, 0.717) is 6.54 Å². The van der Waals surface area contributed by atoms with E-state index in [2.05, 4.69) is 29.2 Å². The van der Waals surface area contributed by atoms with E-state index in [-0.39, 0.29) is 11.9 Å². The highest BCUT2D eigenvalue weighted by Gasteiger charge is 2.25.